The van der Waals surface area contributed by atoms with Crippen molar-refractivity contribution in [2.45, 2.75) is 44.7 Å². The molecule has 1 amide bonds. The maximum atomic E-state index is 14.7. The molecule has 2 atom stereocenters. The average Bonchev–Trinajstić information content (AvgIpc) is 3.37. The van der Waals surface area contributed by atoms with E-state index in [2.05, 4.69) is 32.5 Å². The third kappa shape index (κ3) is 5.32. The molecule has 0 aliphatic carbocycles. The van der Waals surface area contributed by atoms with Crippen LogP contribution < -0.4 is 5.32 Å². The highest BCUT2D eigenvalue weighted by molar-refractivity contribution is 5.74. The van der Waals surface area contributed by atoms with Gasteiger partial charge in [0, 0.05) is 55.1 Å². The zero-order valence-electron chi connectivity index (χ0n) is 21.7. The second-order valence-electron chi connectivity index (χ2n) is 10.0. The van der Waals surface area contributed by atoms with E-state index in [9.17, 15) is 9.18 Å². The number of carbonyl (C=O) groups is 1. The minimum atomic E-state index is -0.418. The topological polar surface area (TPSA) is 124 Å². The lowest BCUT2D eigenvalue weighted by atomic mass is 9.92. The van der Waals surface area contributed by atoms with E-state index >= 15 is 0 Å². The highest BCUT2D eigenvalue weighted by Gasteiger charge is 2.30. The van der Waals surface area contributed by atoms with Crippen molar-refractivity contribution in [3.8, 4) is 22.6 Å². The van der Waals surface area contributed by atoms with Crippen molar-refractivity contribution < 1.29 is 13.9 Å². The van der Waals surface area contributed by atoms with E-state index in [0.29, 0.717) is 59.7 Å². The van der Waals surface area contributed by atoms with E-state index < -0.39 is 5.82 Å². The van der Waals surface area contributed by atoms with Crippen molar-refractivity contribution in [2.24, 2.45) is 0 Å². The molecule has 2 aliphatic rings. The van der Waals surface area contributed by atoms with Gasteiger partial charge in [0.1, 0.15) is 34.9 Å². The molecular formula is C27H28FN9O2. The summed E-state index contributed by atoms with van der Waals surface area (Å²) in [5, 5.41) is 11.6. The number of carbonyl (C=O) groups excluding carboxylic acids is 1. The molecule has 1 aromatic carbocycles. The molecule has 12 heteroatoms. The molecule has 3 aromatic heterocycles. The number of benzene rings is 1. The summed E-state index contributed by atoms with van der Waals surface area (Å²) in [4.78, 5) is 32.3. The van der Waals surface area contributed by atoms with Crippen molar-refractivity contribution in [1.29, 1.82) is 0 Å². The molecule has 6 rings (SSSR count). The Balaban J connectivity index is 1.33. The van der Waals surface area contributed by atoms with Crippen LogP contribution in [0.3, 0.4) is 0 Å². The van der Waals surface area contributed by atoms with Gasteiger partial charge in [-0.15, -0.1) is 5.10 Å². The van der Waals surface area contributed by atoms with Crippen LogP contribution in [0.2, 0.25) is 0 Å². The van der Waals surface area contributed by atoms with Crippen molar-refractivity contribution in [3.63, 3.8) is 0 Å². The van der Waals surface area contributed by atoms with Gasteiger partial charge in [-0.05, 0) is 38.0 Å². The first-order valence-corrected chi connectivity index (χ1v) is 12.9. The maximum Gasteiger partial charge on any atom is 0.219 e. The average molecular weight is 530 g/mol. The maximum absolute atomic E-state index is 14.7. The number of likely N-dealkylation sites (tertiary alicyclic amines) is 1. The number of piperidine rings is 1. The standard InChI is InChI=1S/C27H28FN9O2/c1-16-3-4-18(12-36(16)17(2)38)27-32-23(24-11-29-5-6-30-24)10-26(33-27)31-21-8-19(7-20(28)9-21)25-13-37(35-34-25)22-14-39-15-22/h5-11,13,16,18,22H,3-4,12,14-15H2,1-2H3,(H,31,32,33)/t16-,18+/m0/s1. The lowest BCUT2D eigenvalue weighted by Gasteiger charge is -2.37. The molecule has 39 heavy (non-hydrogen) atoms. The second kappa shape index (κ2) is 10.4. The summed E-state index contributed by atoms with van der Waals surface area (Å²) < 4.78 is 21.7. The number of ether oxygens (including phenoxy) is 1. The quantitative estimate of drug-likeness (QED) is 0.398. The minimum absolute atomic E-state index is 0.0321. The SMILES string of the molecule is CC(=O)N1C[C@H](c2nc(Nc3cc(F)cc(-c4cn(C5COC5)nn4)c3)cc(-c3cnccn3)n2)CC[C@@H]1C. The predicted molar refractivity (Wildman–Crippen MR) is 140 cm³/mol. The van der Waals surface area contributed by atoms with E-state index in [-0.39, 0.29) is 23.9 Å². The molecule has 200 valence electrons. The number of nitrogens with zero attached hydrogens (tertiary/aromatic N) is 8. The van der Waals surface area contributed by atoms with Gasteiger partial charge in [0.25, 0.3) is 0 Å². The Morgan fingerprint density at radius 1 is 1.08 bits per heavy atom. The molecule has 0 saturated carbocycles. The fourth-order valence-electron chi connectivity index (χ4n) is 4.95. The molecule has 4 aromatic rings. The molecule has 2 aliphatic heterocycles. The Kier molecular flexibility index (Phi) is 6.69. The molecule has 2 fully saturated rings. The first-order chi connectivity index (χ1) is 18.9. The molecule has 0 unspecified atom stereocenters. The number of anilines is 2. The molecule has 0 bridgehead atoms. The third-order valence-corrected chi connectivity index (χ3v) is 7.19. The van der Waals surface area contributed by atoms with Crippen LogP contribution in [0.1, 0.15) is 44.5 Å². The smallest absolute Gasteiger partial charge is 0.219 e. The van der Waals surface area contributed by atoms with Gasteiger partial charge in [0.05, 0.1) is 31.3 Å². The molecule has 0 radical (unpaired) electrons. The number of halogens is 1. The summed E-state index contributed by atoms with van der Waals surface area (Å²) in [6, 6.07) is 6.71. The Hall–Kier alpha value is -4.32. The number of aromatic nitrogens is 7. The zero-order chi connectivity index (χ0) is 26.9. The van der Waals surface area contributed by atoms with E-state index in [0.717, 1.165) is 12.8 Å². The van der Waals surface area contributed by atoms with E-state index in [4.69, 9.17) is 14.7 Å². The summed E-state index contributed by atoms with van der Waals surface area (Å²) in [5.74, 6) is 0.653. The van der Waals surface area contributed by atoms with E-state index in [1.54, 1.807) is 48.5 Å². The van der Waals surface area contributed by atoms with Gasteiger partial charge in [-0.25, -0.2) is 19.0 Å². The number of hydrogen-bond donors (Lipinski definition) is 1. The van der Waals surface area contributed by atoms with Crippen LogP contribution >= 0.6 is 0 Å². The van der Waals surface area contributed by atoms with Crippen LogP contribution in [0.4, 0.5) is 15.9 Å². The summed E-state index contributed by atoms with van der Waals surface area (Å²) in [5.41, 5.74) is 2.84. The first kappa shape index (κ1) is 25.0. The van der Waals surface area contributed by atoms with Crippen LogP contribution in [0.15, 0.2) is 49.1 Å². The number of amides is 1. The Bertz CT molecular complexity index is 1490. The second-order valence-corrected chi connectivity index (χ2v) is 10.0. The number of rotatable bonds is 6. The highest BCUT2D eigenvalue weighted by atomic mass is 19.1. The first-order valence-electron chi connectivity index (χ1n) is 12.9. The van der Waals surface area contributed by atoms with Crippen LogP contribution in [-0.4, -0.2) is 71.5 Å². The minimum Gasteiger partial charge on any atom is -0.377 e. The van der Waals surface area contributed by atoms with Gasteiger partial charge in [-0.1, -0.05) is 5.21 Å². The molecule has 11 nitrogen and oxygen atoms in total. The van der Waals surface area contributed by atoms with Crippen molar-refractivity contribution in [3.05, 3.63) is 60.7 Å². The predicted octanol–water partition coefficient (Wildman–Crippen LogP) is 3.76. The van der Waals surface area contributed by atoms with Crippen molar-refractivity contribution in [2.75, 3.05) is 25.1 Å². The van der Waals surface area contributed by atoms with Gasteiger partial charge in [-0.3, -0.25) is 14.8 Å². The lowest BCUT2D eigenvalue weighted by Crippen LogP contribution is -2.44. The summed E-state index contributed by atoms with van der Waals surface area (Å²) >= 11 is 0. The third-order valence-electron chi connectivity index (χ3n) is 7.19. The Morgan fingerprint density at radius 2 is 1.95 bits per heavy atom. The van der Waals surface area contributed by atoms with Crippen LogP contribution in [0.25, 0.3) is 22.6 Å². The molecule has 0 spiro atoms. The van der Waals surface area contributed by atoms with Crippen LogP contribution in [-0.2, 0) is 9.53 Å². The summed E-state index contributed by atoms with van der Waals surface area (Å²) in [6.07, 6.45) is 8.34. The van der Waals surface area contributed by atoms with Gasteiger partial charge in [0.15, 0.2) is 0 Å². The monoisotopic (exact) mass is 529 g/mol. The van der Waals surface area contributed by atoms with E-state index in [1.807, 2.05) is 4.90 Å². The molecule has 1 N–H and O–H groups in total. The van der Waals surface area contributed by atoms with Crippen molar-refractivity contribution >= 4 is 17.4 Å². The van der Waals surface area contributed by atoms with Gasteiger partial charge >= 0.3 is 0 Å². The van der Waals surface area contributed by atoms with Gasteiger partial charge in [0.2, 0.25) is 5.91 Å². The lowest BCUT2D eigenvalue weighted by molar-refractivity contribution is -0.132. The van der Waals surface area contributed by atoms with E-state index in [1.165, 1.54) is 12.1 Å². The Morgan fingerprint density at radius 3 is 2.69 bits per heavy atom. The van der Waals surface area contributed by atoms with Crippen molar-refractivity contribution in [1.82, 2.24) is 39.8 Å². The largest absolute Gasteiger partial charge is 0.377 e. The van der Waals surface area contributed by atoms with Gasteiger partial charge < -0.3 is 15.0 Å². The van der Waals surface area contributed by atoms with Crippen LogP contribution in [0.5, 0.6) is 0 Å². The van der Waals surface area contributed by atoms with Gasteiger partial charge in [-0.2, -0.15) is 0 Å². The molecular weight excluding hydrogens is 501 g/mol. The number of nitrogens with one attached hydrogen (secondary N) is 1. The summed E-state index contributed by atoms with van der Waals surface area (Å²) in [6.45, 7) is 5.36. The number of hydrogen-bond acceptors (Lipinski definition) is 9. The highest BCUT2D eigenvalue weighted by Crippen LogP contribution is 2.32. The molecule has 2 saturated heterocycles. The zero-order valence-corrected chi connectivity index (χ0v) is 21.7. The summed E-state index contributed by atoms with van der Waals surface area (Å²) in [7, 11) is 0. The molecule has 5 heterocycles. The fourth-order valence-corrected chi connectivity index (χ4v) is 4.95. The van der Waals surface area contributed by atoms with Crippen LogP contribution in [0, 0.1) is 5.82 Å². The fraction of sp³-hybridized carbons (Fsp3) is 0.370. The Labute approximate surface area is 224 Å². The normalized spacial score (nSPS) is 19.5.